The summed E-state index contributed by atoms with van der Waals surface area (Å²) in [5.74, 6) is 0.956. The van der Waals surface area contributed by atoms with E-state index in [0.29, 0.717) is 10.8 Å². The lowest BCUT2D eigenvalue weighted by Gasteiger charge is -2.25. The smallest absolute Gasteiger partial charge is 0.00125 e. The number of rotatable bonds is 2. The maximum atomic E-state index is 5.92. The van der Waals surface area contributed by atoms with E-state index in [-0.39, 0.29) is 0 Å². The molecule has 1 atom stereocenters. The molecule has 12 heavy (non-hydrogen) atoms. The minimum Gasteiger partial charge on any atom is -0.330 e. The molecule has 1 heteroatoms. The van der Waals surface area contributed by atoms with Crippen LogP contribution in [0.1, 0.15) is 46.0 Å². The summed E-state index contributed by atoms with van der Waals surface area (Å²) < 4.78 is 0. The quantitative estimate of drug-likeness (QED) is 0.672. The SMILES string of the molecule is CC1(C)CC1(CN)C1CCCC1. The monoisotopic (exact) mass is 167 g/mol. The van der Waals surface area contributed by atoms with E-state index in [0.717, 1.165) is 12.5 Å². The number of hydrogen-bond acceptors (Lipinski definition) is 1. The average molecular weight is 167 g/mol. The minimum atomic E-state index is 0.545. The zero-order valence-corrected chi connectivity index (χ0v) is 8.40. The summed E-state index contributed by atoms with van der Waals surface area (Å²) in [5, 5.41) is 0. The molecule has 0 aromatic rings. The highest BCUT2D eigenvalue weighted by molar-refractivity contribution is 5.13. The topological polar surface area (TPSA) is 26.0 Å². The Labute approximate surface area is 75.7 Å². The van der Waals surface area contributed by atoms with Crippen molar-refractivity contribution in [2.24, 2.45) is 22.5 Å². The summed E-state index contributed by atoms with van der Waals surface area (Å²) in [5.41, 5.74) is 7.02. The Morgan fingerprint density at radius 2 is 1.75 bits per heavy atom. The molecule has 0 aromatic carbocycles. The molecule has 2 aliphatic carbocycles. The van der Waals surface area contributed by atoms with Gasteiger partial charge in [-0.05, 0) is 42.6 Å². The fourth-order valence-electron chi connectivity index (χ4n) is 3.43. The summed E-state index contributed by atoms with van der Waals surface area (Å²) in [6.45, 7) is 5.70. The van der Waals surface area contributed by atoms with Gasteiger partial charge in [0, 0.05) is 0 Å². The number of nitrogens with two attached hydrogens (primary N) is 1. The van der Waals surface area contributed by atoms with Crippen LogP contribution < -0.4 is 5.73 Å². The summed E-state index contributed by atoms with van der Waals surface area (Å²) in [6, 6.07) is 0. The Balaban J connectivity index is 2.09. The van der Waals surface area contributed by atoms with Crippen molar-refractivity contribution in [3.8, 4) is 0 Å². The van der Waals surface area contributed by atoms with Crippen molar-refractivity contribution in [2.45, 2.75) is 46.0 Å². The minimum absolute atomic E-state index is 0.545. The lowest BCUT2D eigenvalue weighted by Crippen LogP contribution is -2.28. The van der Waals surface area contributed by atoms with E-state index in [9.17, 15) is 0 Å². The molecule has 2 saturated carbocycles. The summed E-state index contributed by atoms with van der Waals surface area (Å²) in [4.78, 5) is 0. The highest BCUT2D eigenvalue weighted by Crippen LogP contribution is 2.69. The largest absolute Gasteiger partial charge is 0.330 e. The second kappa shape index (κ2) is 2.47. The maximum Gasteiger partial charge on any atom is -0.00125 e. The highest BCUT2D eigenvalue weighted by atomic mass is 14.8. The van der Waals surface area contributed by atoms with Crippen LogP contribution in [0.15, 0.2) is 0 Å². The van der Waals surface area contributed by atoms with Crippen LogP contribution in [0.25, 0.3) is 0 Å². The molecule has 0 bridgehead atoms. The third kappa shape index (κ3) is 0.953. The molecule has 0 saturated heterocycles. The van der Waals surface area contributed by atoms with Crippen LogP contribution in [0.4, 0.5) is 0 Å². The predicted molar refractivity (Wildman–Crippen MR) is 51.8 cm³/mol. The molecule has 2 rings (SSSR count). The maximum absolute atomic E-state index is 5.92. The van der Waals surface area contributed by atoms with Gasteiger partial charge < -0.3 is 5.73 Å². The van der Waals surface area contributed by atoms with Gasteiger partial charge in [0.2, 0.25) is 0 Å². The molecule has 1 unspecified atom stereocenters. The van der Waals surface area contributed by atoms with Gasteiger partial charge in [-0.3, -0.25) is 0 Å². The molecule has 70 valence electrons. The standard InChI is InChI=1S/C11H21N/c1-10(2)7-11(10,8-12)9-5-3-4-6-9/h9H,3-8,12H2,1-2H3. The molecule has 2 N–H and O–H groups in total. The van der Waals surface area contributed by atoms with Crippen LogP contribution in [-0.4, -0.2) is 6.54 Å². The first-order valence-electron chi connectivity index (χ1n) is 5.32. The van der Waals surface area contributed by atoms with Gasteiger partial charge >= 0.3 is 0 Å². The summed E-state index contributed by atoms with van der Waals surface area (Å²) in [6.07, 6.45) is 7.16. The molecule has 2 aliphatic rings. The first-order chi connectivity index (χ1) is 5.62. The molecular weight excluding hydrogens is 146 g/mol. The number of hydrogen-bond donors (Lipinski definition) is 1. The van der Waals surface area contributed by atoms with E-state index in [1.54, 1.807) is 0 Å². The van der Waals surface area contributed by atoms with Crippen molar-refractivity contribution in [3.05, 3.63) is 0 Å². The van der Waals surface area contributed by atoms with Gasteiger partial charge in [-0.15, -0.1) is 0 Å². The molecule has 0 heterocycles. The fourth-order valence-corrected chi connectivity index (χ4v) is 3.43. The van der Waals surface area contributed by atoms with Crippen LogP contribution >= 0.6 is 0 Å². The van der Waals surface area contributed by atoms with Gasteiger partial charge in [-0.2, -0.15) is 0 Å². The van der Waals surface area contributed by atoms with E-state index >= 15 is 0 Å². The second-order valence-electron chi connectivity index (χ2n) is 5.40. The van der Waals surface area contributed by atoms with Crippen molar-refractivity contribution < 1.29 is 0 Å². The van der Waals surface area contributed by atoms with E-state index in [4.69, 9.17) is 5.73 Å². The molecular formula is C11H21N. The van der Waals surface area contributed by atoms with Crippen LogP contribution in [0, 0.1) is 16.7 Å². The van der Waals surface area contributed by atoms with Crippen LogP contribution in [0.3, 0.4) is 0 Å². The van der Waals surface area contributed by atoms with Crippen molar-refractivity contribution >= 4 is 0 Å². The highest BCUT2D eigenvalue weighted by Gasteiger charge is 2.63. The molecule has 0 amide bonds. The Kier molecular flexibility index (Phi) is 1.76. The first-order valence-corrected chi connectivity index (χ1v) is 5.32. The third-order valence-electron chi connectivity index (χ3n) is 4.48. The van der Waals surface area contributed by atoms with E-state index in [1.165, 1.54) is 32.1 Å². The Bertz CT molecular complexity index is 179. The second-order valence-corrected chi connectivity index (χ2v) is 5.40. The van der Waals surface area contributed by atoms with Crippen molar-refractivity contribution in [1.82, 2.24) is 0 Å². The average Bonchev–Trinajstić information content (AvgIpc) is 2.52. The molecule has 0 spiro atoms. The van der Waals surface area contributed by atoms with E-state index < -0.39 is 0 Å². The van der Waals surface area contributed by atoms with Crippen molar-refractivity contribution in [2.75, 3.05) is 6.54 Å². The zero-order valence-electron chi connectivity index (χ0n) is 8.40. The fraction of sp³-hybridized carbons (Fsp3) is 1.00. The molecule has 1 nitrogen and oxygen atoms in total. The zero-order chi connectivity index (χ0) is 8.82. The van der Waals surface area contributed by atoms with Gasteiger partial charge in [0.15, 0.2) is 0 Å². The predicted octanol–water partition coefficient (Wildman–Crippen LogP) is 2.55. The van der Waals surface area contributed by atoms with Gasteiger partial charge in [0.25, 0.3) is 0 Å². The molecule has 0 radical (unpaired) electrons. The van der Waals surface area contributed by atoms with E-state index in [1.807, 2.05) is 0 Å². The van der Waals surface area contributed by atoms with Crippen molar-refractivity contribution in [1.29, 1.82) is 0 Å². The summed E-state index contributed by atoms with van der Waals surface area (Å²) in [7, 11) is 0. The first kappa shape index (κ1) is 8.55. The van der Waals surface area contributed by atoms with Crippen LogP contribution in [-0.2, 0) is 0 Å². The summed E-state index contributed by atoms with van der Waals surface area (Å²) >= 11 is 0. The Morgan fingerprint density at radius 1 is 1.25 bits per heavy atom. The molecule has 0 aliphatic heterocycles. The Morgan fingerprint density at radius 3 is 2.08 bits per heavy atom. The van der Waals surface area contributed by atoms with Gasteiger partial charge in [-0.1, -0.05) is 26.7 Å². The van der Waals surface area contributed by atoms with E-state index in [2.05, 4.69) is 13.8 Å². The van der Waals surface area contributed by atoms with Gasteiger partial charge in [-0.25, -0.2) is 0 Å². The Hall–Kier alpha value is -0.0400. The normalized spacial score (nSPS) is 40.2. The van der Waals surface area contributed by atoms with Crippen molar-refractivity contribution in [3.63, 3.8) is 0 Å². The third-order valence-corrected chi connectivity index (χ3v) is 4.48. The van der Waals surface area contributed by atoms with Crippen LogP contribution in [0.2, 0.25) is 0 Å². The van der Waals surface area contributed by atoms with Gasteiger partial charge in [0.1, 0.15) is 0 Å². The molecule has 2 fully saturated rings. The van der Waals surface area contributed by atoms with Crippen LogP contribution in [0.5, 0.6) is 0 Å². The lowest BCUT2D eigenvalue weighted by atomic mass is 9.81. The molecule has 0 aromatic heterocycles. The lowest BCUT2D eigenvalue weighted by molar-refractivity contribution is 0.255. The van der Waals surface area contributed by atoms with Gasteiger partial charge in [0.05, 0.1) is 0 Å².